The van der Waals surface area contributed by atoms with Gasteiger partial charge in [0.25, 0.3) is 0 Å². The number of isocyanates is 1. The van der Waals surface area contributed by atoms with Crippen LogP contribution < -0.4 is 5.32 Å². The fourth-order valence-corrected chi connectivity index (χ4v) is 1.31. The minimum Gasteiger partial charge on any atom is -0.317 e. The van der Waals surface area contributed by atoms with E-state index >= 15 is 0 Å². The summed E-state index contributed by atoms with van der Waals surface area (Å²) in [5.41, 5.74) is 0.682. The Morgan fingerprint density at radius 1 is 1.55 bits per heavy atom. The molecule has 3 heteroatoms. The highest BCUT2D eigenvalue weighted by molar-refractivity contribution is 5.36. The molecule has 1 N–H and O–H groups in total. The average Bonchev–Trinajstić information content (AvgIpc) is 2.07. The molecule has 0 atom stereocenters. The molecule has 0 spiro atoms. The van der Waals surface area contributed by atoms with E-state index in [1.54, 1.807) is 0 Å². The van der Waals surface area contributed by atoms with Crippen LogP contribution in [0.25, 0.3) is 0 Å². The summed E-state index contributed by atoms with van der Waals surface area (Å²) in [5.74, 6) is 0.387. The highest BCUT2D eigenvalue weighted by Gasteiger charge is 2.15. The third kappa shape index (κ3) is 2.30. The van der Waals surface area contributed by atoms with Crippen molar-refractivity contribution >= 4 is 6.08 Å². The molecule has 0 amide bonds. The van der Waals surface area contributed by atoms with Gasteiger partial charge in [0.05, 0.1) is 0 Å². The van der Waals surface area contributed by atoms with Crippen LogP contribution in [0.3, 0.4) is 0 Å². The third-order valence-corrected chi connectivity index (χ3v) is 2.00. The van der Waals surface area contributed by atoms with Gasteiger partial charge in [0.15, 0.2) is 0 Å². The molecule has 0 unspecified atom stereocenters. The monoisotopic (exact) mass is 152 g/mol. The molecule has 1 rings (SSSR count). The van der Waals surface area contributed by atoms with Crippen LogP contribution in [0.4, 0.5) is 0 Å². The van der Waals surface area contributed by atoms with Crippen molar-refractivity contribution in [3.05, 3.63) is 12.3 Å². The average molecular weight is 152 g/mol. The molecule has 60 valence electrons. The first kappa shape index (κ1) is 8.18. The highest BCUT2D eigenvalue weighted by atomic mass is 16.1. The summed E-state index contributed by atoms with van der Waals surface area (Å²) in [5, 5.41) is 3.23. The van der Waals surface area contributed by atoms with Crippen molar-refractivity contribution in [3.8, 4) is 0 Å². The lowest BCUT2D eigenvalue weighted by Gasteiger charge is -2.21. The van der Waals surface area contributed by atoms with Crippen LogP contribution in [-0.2, 0) is 4.79 Å². The summed E-state index contributed by atoms with van der Waals surface area (Å²) in [6.07, 6.45) is 3.58. The zero-order valence-corrected chi connectivity index (χ0v) is 6.47. The van der Waals surface area contributed by atoms with Crippen molar-refractivity contribution in [2.24, 2.45) is 10.9 Å². The predicted octanol–water partition coefficient (Wildman–Crippen LogP) is 0.835. The molecule has 3 nitrogen and oxygen atoms in total. The van der Waals surface area contributed by atoms with E-state index in [9.17, 15) is 4.79 Å². The Kier molecular flexibility index (Phi) is 3.02. The summed E-state index contributed by atoms with van der Waals surface area (Å²) in [7, 11) is 0. The van der Waals surface area contributed by atoms with E-state index in [0.717, 1.165) is 25.9 Å². The fourth-order valence-electron chi connectivity index (χ4n) is 1.31. The van der Waals surface area contributed by atoms with Gasteiger partial charge >= 0.3 is 0 Å². The van der Waals surface area contributed by atoms with Gasteiger partial charge in [0, 0.05) is 11.6 Å². The lowest BCUT2D eigenvalue weighted by molar-refractivity contribution is 0.418. The Balaban J connectivity index is 2.44. The minimum atomic E-state index is 0.387. The first-order chi connectivity index (χ1) is 5.34. The summed E-state index contributed by atoms with van der Waals surface area (Å²) >= 11 is 0. The summed E-state index contributed by atoms with van der Waals surface area (Å²) in [6, 6.07) is 0. The van der Waals surface area contributed by atoms with Crippen molar-refractivity contribution in [3.63, 3.8) is 0 Å². The standard InChI is InChI=1S/C8H12N2O/c1-7(10-6-11)8-2-4-9-5-3-8/h8-9H,1-5H2. The molecule has 0 radical (unpaired) electrons. The van der Waals surface area contributed by atoms with Crippen molar-refractivity contribution in [1.82, 2.24) is 5.32 Å². The second kappa shape index (κ2) is 4.06. The van der Waals surface area contributed by atoms with Gasteiger partial charge in [-0.05, 0) is 25.9 Å². The van der Waals surface area contributed by atoms with E-state index in [1.807, 2.05) is 0 Å². The maximum atomic E-state index is 9.89. The number of allylic oxidation sites excluding steroid dienone is 1. The van der Waals surface area contributed by atoms with Crippen LogP contribution in [0, 0.1) is 5.92 Å². The molecule has 0 aromatic rings. The Hall–Kier alpha value is -0.920. The Bertz CT molecular complexity index is 188. The van der Waals surface area contributed by atoms with Gasteiger partial charge in [-0.2, -0.15) is 4.99 Å². The summed E-state index contributed by atoms with van der Waals surface area (Å²) in [6.45, 7) is 5.71. The quantitative estimate of drug-likeness (QED) is 0.470. The molecule has 1 saturated heterocycles. The normalized spacial score (nSPS) is 18.9. The second-order valence-corrected chi connectivity index (χ2v) is 2.72. The third-order valence-electron chi connectivity index (χ3n) is 2.00. The maximum absolute atomic E-state index is 9.89. The van der Waals surface area contributed by atoms with Crippen LogP contribution in [-0.4, -0.2) is 19.2 Å². The topological polar surface area (TPSA) is 41.5 Å². The van der Waals surface area contributed by atoms with Crippen LogP contribution in [0.5, 0.6) is 0 Å². The number of hydrogen-bond donors (Lipinski definition) is 1. The fraction of sp³-hybridized carbons (Fsp3) is 0.625. The van der Waals surface area contributed by atoms with Crippen LogP contribution in [0.2, 0.25) is 0 Å². The Morgan fingerprint density at radius 3 is 2.73 bits per heavy atom. The predicted molar refractivity (Wildman–Crippen MR) is 42.9 cm³/mol. The molecule has 0 aromatic carbocycles. The van der Waals surface area contributed by atoms with Gasteiger partial charge in [-0.25, -0.2) is 4.79 Å². The van der Waals surface area contributed by atoms with Crippen molar-refractivity contribution in [1.29, 1.82) is 0 Å². The zero-order valence-electron chi connectivity index (χ0n) is 6.47. The molecule has 1 heterocycles. The highest BCUT2D eigenvalue weighted by Crippen LogP contribution is 2.19. The van der Waals surface area contributed by atoms with Gasteiger partial charge in [0.1, 0.15) is 0 Å². The van der Waals surface area contributed by atoms with Gasteiger partial charge in [-0.3, -0.25) is 0 Å². The van der Waals surface area contributed by atoms with Gasteiger partial charge in [-0.15, -0.1) is 0 Å². The van der Waals surface area contributed by atoms with E-state index < -0.39 is 0 Å². The van der Waals surface area contributed by atoms with Crippen LogP contribution in [0.1, 0.15) is 12.8 Å². The van der Waals surface area contributed by atoms with E-state index in [2.05, 4.69) is 16.9 Å². The molecule has 1 aliphatic rings. The molecule has 0 bridgehead atoms. The van der Waals surface area contributed by atoms with E-state index in [-0.39, 0.29) is 0 Å². The largest absolute Gasteiger partial charge is 0.317 e. The molecule has 1 aliphatic heterocycles. The molecule has 0 aromatic heterocycles. The Morgan fingerprint density at radius 2 is 2.18 bits per heavy atom. The summed E-state index contributed by atoms with van der Waals surface area (Å²) < 4.78 is 0. The maximum Gasteiger partial charge on any atom is 0.240 e. The number of carbonyl (C=O) groups excluding carboxylic acids is 1. The molecule has 11 heavy (non-hydrogen) atoms. The van der Waals surface area contributed by atoms with Crippen molar-refractivity contribution in [2.75, 3.05) is 13.1 Å². The lowest BCUT2D eigenvalue weighted by atomic mass is 9.96. The van der Waals surface area contributed by atoms with E-state index in [1.165, 1.54) is 6.08 Å². The minimum absolute atomic E-state index is 0.387. The zero-order chi connectivity index (χ0) is 8.10. The van der Waals surface area contributed by atoms with Gasteiger partial charge < -0.3 is 5.32 Å². The number of nitrogens with one attached hydrogen (secondary N) is 1. The first-order valence-corrected chi connectivity index (χ1v) is 3.82. The van der Waals surface area contributed by atoms with Crippen molar-refractivity contribution < 1.29 is 4.79 Å². The van der Waals surface area contributed by atoms with Crippen LogP contribution in [0.15, 0.2) is 17.3 Å². The van der Waals surface area contributed by atoms with E-state index in [0.29, 0.717) is 11.6 Å². The molecular formula is C8H12N2O. The van der Waals surface area contributed by atoms with E-state index in [4.69, 9.17) is 0 Å². The van der Waals surface area contributed by atoms with Crippen molar-refractivity contribution in [2.45, 2.75) is 12.8 Å². The number of rotatable bonds is 2. The van der Waals surface area contributed by atoms with Gasteiger partial charge in [-0.1, -0.05) is 6.58 Å². The SMILES string of the molecule is C=C(N=C=O)C1CCNCC1. The second-order valence-electron chi connectivity index (χ2n) is 2.72. The molecule has 0 aliphatic carbocycles. The van der Waals surface area contributed by atoms with Crippen LogP contribution >= 0.6 is 0 Å². The molecule has 1 fully saturated rings. The first-order valence-electron chi connectivity index (χ1n) is 3.82. The number of aliphatic imine (C=N–C) groups is 1. The number of hydrogen-bond acceptors (Lipinski definition) is 3. The Labute approximate surface area is 66.2 Å². The number of nitrogens with zero attached hydrogens (tertiary/aromatic N) is 1. The van der Waals surface area contributed by atoms with Gasteiger partial charge in [0.2, 0.25) is 6.08 Å². The lowest BCUT2D eigenvalue weighted by Crippen LogP contribution is -2.28. The number of piperidine rings is 1. The molecule has 0 saturated carbocycles. The molecular weight excluding hydrogens is 140 g/mol. The smallest absolute Gasteiger partial charge is 0.240 e. The summed E-state index contributed by atoms with van der Waals surface area (Å²) in [4.78, 5) is 13.4.